The minimum Gasteiger partial charge on any atom is -0.385 e. The Morgan fingerprint density at radius 1 is 1.28 bits per heavy atom. The fraction of sp³-hybridized carbons (Fsp3) is 0.917. The van der Waals surface area contributed by atoms with Crippen molar-refractivity contribution in [2.24, 2.45) is 16.8 Å². The number of rotatable bonds is 10. The lowest BCUT2D eigenvalue weighted by atomic mass is 10.2. The average Bonchev–Trinajstić information content (AvgIpc) is 2.35. The second-order valence-corrected chi connectivity index (χ2v) is 4.47. The lowest BCUT2D eigenvalue weighted by molar-refractivity contribution is 0.108. The highest BCUT2D eigenvalue weighted by Gasteiger charge is 1.96. The van der Waals surface area contributed by atoms with E-state index in [2.05, 4.69) is 29.6 Å². The first kappa shape index (κ1) is 17.2. The Morgan fingerprint density at radius 2 is 2.06 bits per heavy atom. The topological polar surface area (TPSA) is 80.9 Å². The standard InChI is InChI=1S/C12H28N4O2/c1-11(2)10-18-9-5-7-15-12(16-13)14-6-4-8-17-3/h11H,4-10,13H2,1-3H3,(H2,14,15,16). The predicted molar refractivity (Wildman–Crippen MR) is 74.4 cm³/mol. The summed E-state index contributed by atoms with van der Waals surface area (Å²) in [5.41, 5.74) is 2.55. The molecule has 0 bridgehead atoms. The Hall–Kier alpha value is -0.850. The van der Waals surface area contributed by atoms with Crippen molar-refractivity contribution >= 4 is 5.96 Å². The summed E-state index contributed by atoms with van der Waals surface area (Å²) in [7, 11) is 1.68. The zero-order valence-electron chi connectivity index (χ0n) is 11.9. The molecule has 0 saturated heterocycles. The first-order valence-electron chi connectivity index (χ1n) is 6.52. The molecule has 6 heteroatoms. The summed E-state index contributed by atoms with van der Waals surface area (Å²) in [5, 5.41) is 3.13. The van der Waals surface area contributed by atoms with Gasteiger partial charge in [0.2, 0.25) is 5.96 Å². The number of hydrazine groups is 1. The molecule has 0 aromatic heterocycles. The van der Waals surface area contributed by atoms with Gasteiger partial charge in [0.1, 0.15) is 0 Å². The molecule has 0 fully saturated rings. The van der Waals surface area contributed by atoms with Gasteiger partial charge in [-0.2, -0.15) is 0 Å². The number of nitrogens with one attached hydrogen (secondary N) is 2. The Kier molecular flexibility index (Phi) is 12.0. The molecule has 4 N–H and O–H groups in total. The van der Waals surface area contributed by atoms with Crippen molar-refractivity contribution in [2.75, 3.05) is 40.0 Å². The minimum absolute atomic E-state index is 0.585. The van der Waals surface area contributed by atoms with Crippen molar-refractivity contribution in [3.63, 3.8) is 0 Å². The smallest absolute Gasteiger partial charge is 0.205 e. The molecule has 0 aromatic rings. The van der Waals surface area contributed by atoms with E-state index >= 15 is 0 Å². The van der Waals surface area contributed by atoms with Crippen LogP contribution in [0.3, 0.4) is 0 Å². The van der Waals surface area contributed by atoms with Gasteiger partial charge in [-0.1, -0.05) is 13.8 Å². The van der Waals surface area contributed by atoms with Crippen molar-refractivity contribution in [3.8, 4) is 0 Å². The zero-order chi connectivity index (χ0) is 13.6. The van der Waals surface area contributed by atoms with Gasteiger partial charge in [0.15, 0.2) is 0 Å². The summed E-state index contributed by atoms with van der Waals surface area (Å²) in [4.78, 5) is 4.27. The lowest BCUT2D eigenvalue weighted by Crippen LogP contribution is -2.42. The number of methoxy groups -OCH3 is 1. The van der Waals surface area contributed by atoms with Crippen LogP contribution in [-0.4, -0.2) is 46.0 Å². The number of guanidine groups is 1. The third kappa shape index (κ3) is 11.6. The third-order valence-electron chi connectivity index (χ3n) is 2.12. The average molecular weight is 260 g/mol. The molecular weight excluding hydrogens is 232 g/mol. The summed E-state index contributed by atoms with van der Waals surface area (Å²) in [6.07, 6.45) is 1.83. The maximum atomic E-state index is 5.48. The van der Waals surface area contributed by atoms with E-state index in [9.17, 15) is 0 Å². The van der Waals surface area contributed by atoms with E-state index in [-0.39, 0.29) is 0 Å². The lowest BCUT2D eigenvalue weighted by Gasteiger charge is -2.10. The van der Waals surface area contributed by atoms with Crippen LogP contribution < -0.4 is 16.6 Å². The summed E-state index contributed by atoms with van der Waals surface area (Å²) < 4.78 is 10.4. The monoisotopic (exact) mass is 260 g/mol. The molecule has 0 saturated carbocycles. The van der Waals surface area contributed by atoms with Crippen LogP contribution in [0, 0.1) is 5.92 Å². The molecule has 0 spiro atoms. The summed E-state index contributed by atoms with van der Waals surface area (Å²) in [6.45, 7) is 8.06. The van der Waals surface area contributed by atoms with Crippen LogP contribution in [0.15, 0.2) is 4.99 Å². The first-order chi connectivity index (χ1) is 8.70. The number of hydrogen-bond donors (Lipinski definition) is 3. The molecular formula is C12H28N4O2. The number of nitrogens with two attached hydrogens (primary N) is 1. The van der Waals surface area contributed by atoms with Gasteiger partial charge in [0.25, 0.3) is 0 Å². The van der Waals surface area contributed by atoms with Crippen LogP contribution in [-0.2, 0) is 9.47 Å². The van der Waals surface area contributed by atoms with Crippen molar-refractivity contribution < 1.29 is 9.47 Å². The molecule has 0 aromatic carbocycles. The van der Waals surface area contributed by atoms with E-state index in [1.54, 1.807) is 7.11 Å². The fourth-order valence-corrected chi connectivity index (χ4v) is 1.25. The molecule has 0 aliphatic heterocycles. The van der Waals surface area contributed by atoms with E-state index < -0.39 is 0 Å². The van der Waals surface area contributed by atoms with Gasteiger partial charge in [-0.05, 0) is 18.8 Å². The maximum absolute atomic E-state index is 5.48. The molecule has 0 amide bonds. The largest absolute Gasteiger partial charge is 0.385 e. The van der Waals surface area contributed by atoms with Gasteiger partial charge in [0.05, 0.1) is 0 Å². The van der Waals surface area contributed by atoms with Crippen LogP contribution in [0.4, 0.5) is 0 Å². The van der Waals surface area contributed by atoms with Gasteiger partial charge in [0, 0.05) is 40.0 Å². The normalized spacial score (nSPS) is 11.9. The minimum atomic E-state index is 0.585. The number of ether oxygens (including phenoxy) is 2. The third-order valence-corrected chi connectivity index (χ3v) is 2.12. The van der Waals surface area contributed by atoms with E-state index in [0.29, 0.717) is 25.0 Å². The van der Waals surface area contributed by atoms with Crippen LogP contribution in [0.25, 0.3) is 0 Å². The summed E-state index contributed by atoms with van der Waals surface area (Å²) in [5.74, 6) is 6.57. The van der Waals surface area contributed by atoms with Gasteiger partial charge in [-0.15, -0.1) is 0 Å². The molecule has 0 aliphatic rings. The highest BCUT2D eigenvalue weighted by molar-refractivity contribution is 5.79. The molecule has 0 atom stereocenters. The van der Waals surface area contributed by atoms with Crippen LogP contribution in [0.5, 0.6) is 0 Å². The Morgan fingerprint density at radius 3 is 2.67 bits per heavy atom. The molecule has 0 aliphatic carbocycles. The van der Waals surface area contributed by atoms with Gasteiger partial charge in [-0.25, -0.2) is 5.84 Å². The summed E-state index contributed by atoms with van der Waals surface area (Å²) in [6, 6.07) is 0. The highest BCUT2D eigenvalue weighted by atomic mass is 16.5. The van der Waals surface area contributed by atoms with E-state index in [1.165, 1.54) is 0 Å². The van der Waals surface area contributed by atoms with Crippen LogP contribution >= 0.6 is 0 Å². The van der Waals surface area contributed by atoms with Crippen LogP contribution in [0.2, 0.25) is 0 Å². The van der Waals surface area contributed by atoms with Crippen molar-refractivity contribution in [1.82, 2.24) is 10.7 Å². The van der Waals surface area contributed by atoms with E-state index in [4.69, 9.17) is 15.3 Å². The Labute approximate surface area is 110 Å². The molecule has 0 heterocycles. The van der Waals surface area contributed by atoms with Crippen molar-refractivity contribution in [1.29, 1.82) is 0 Å². The van der Waals surface area contributed by atoms with Crippen LogP contribution in [0.1, 0.15) is 26.7 Å². The second-order valence-electron chi connectivity index (χ2n) is 4.47. The number of hydrogen-bond acceptors (Lipinski definition) is 4. The molecule has 18 heavy (non-hydrogen) atoms. The fourth-order valence-electron chi connectivity index (χ4n) is 1.25. The quantitative estimate of drug-likeness (QED) is 0.175. The SMILES string of the molecule is COCCCN=C(NN)NCCCOCC(C)C. The Balaban J connectivity index is 3.49. The summed E-state index contributed by atoms with van der Waals surface area (Å²) >= 11 is 0. The van der Waals surface area contributed by atoms with Gasteiger partial charge in [-0.3, -0.25) is 10.4 Å². The predicted octanol–water partition coefficient (Wildman–Crippen LogP) is 0.495. The van der Waals surface area contributed by atoms with E-state index in [1.807, 2.05) is 0 Å². The maximum Gasteiger partial charge on any atom is 0.205 e. The first-order valence-corrected chi connectivity index (χ1v) is 6.52. The molecule has 6 nitrogen and oxygen atoms in total. The highest BCUT2D eigenvalue weighted by Crippen LogP contribution is 1.92. The molecule has 0 unspecified atom stereocenters. The zero-order valence-corrected chi connectivity index (χ0v) is 11.9. The molecule has 0 rings (SSSR count). The molecule has 0 radical (unpaired) electrons. The van der Waals surface area contributed by atoms with Crippen molar-refractivity contribution in [3.05, 3.63) is 0 Å². The Bertz CT molecular complexity index is 210. The van der Waals surface area contributed by atoms with Gasteiger partial charge >= 0.3 is 0 Å². The molecule has 108 valence electrons. The van der Waals surface area contributed by atoms with Crippen molar-refractivity contribution in [2.45, 2.75) is 26.7 Å². The van der Waals surface area contributed by atoms with E-state index in [0.717, 1.165) is 32.6 Å². The second kappa shape index (κ2) is 12.6. The number of aliphatic imine (C=N–C) groups is 1. The number of nitrogens with zero attached hydrogens (tertiary/aromatic N) is 1. The van der Waals surface area contributed by atoms with Gasteiger partial charge < -0.3 is 14.8 Å².